The number of unbranched alkanes of at least 4 members (excludes halogenated alkanes) is 2. The zero-order valence-electron chi connectivity index (χ0n) is 41.3. The maximum atomic E-state index is 13.4. The van der Waals surface area contributed by atoms with Gasteiger partial charge >= 0.3 is 18.3 Å². The molecule has 3 rings (SSSR count). The van der Waals surface area contributed by atoms with Crippen molar-refractivity contribution >= 4 is 48.4 Å². The van der Waals surface area contributed by atoms with Crippen molar-refractivity contribution in [2.45, 2.75) is 201 Å². The fraction of sp³-hybridized carbons (Fsp3) is 0.905. The third kappa shape index (κ3) is 19.9. The molecular weight excluding hydrogens is 947 g/mol. The van der Waals surface area contributed by atoms with E-state index < -0.39 is 141 Å². The van der Waals surface area contributed by atoms with Gasteiger partial charge in [0.15, 0.2) is 12.6 Å². The fourth-order valence-corrected chi connectivity index (χ4v) is 9.68. The summed E-state index contributed by atoms with van der Waals surface area (Å²) < 4.78 is 40.5. The van der Waals surface area contributed by atoms with Gasteiger partial charge in [0.25, 0.3) is 0 Å². The number of ether oxygens (including phenoxy) is 7. The van der Waals surface area contributed by atoms with Crippen LogP contribution in [0, 0.1) is 0 Å². The first-order valence-electron chi connectivity index (χ1n) is 23.7. The van der Waals surface area contributed by atoms with Crippen molar-refractivity contribution in [1.82, 2.24) is 21.3 Å². The number of nitrogens with two attached hydrogens (primary N) is 1. The molecule has 26 heteroatoms. The van der Waals surface area contributed by atoms with E-state index >= 15 is 0 Å². The second-order valence-electron chi connectivity index (χ2n) is 21.6. The number of hydrogen-bond donors (Lipinski definition) is 12. The van der Waals surface area contributed by atoms with Crippen molar-refractivity contribution < 1.29 is 88.1 Å². The molecule has 0 aromatic heterocycles. The summed E-state index contributed by atoms with van der Waals surface area (Å²) in [7, 11) is -4.95. The Kier molecular flexibility index (Phi) is 24.0. The molecule has 2 aliphatic heterocycles. The molecular formula is C42H83N5O18Si3. The minimum absolute atomic E-state index is 0.0576. The van der Waals surface area contributed by atoms with Crippen LogP contribution < -0.4 is 27.0 Å². The van der Waals surface area contributed by atoms with E-state index in [1.807, 2.05) is 0 Å². The monoisotopic (exact) mass is 1030 g/mol. The number of carbonyl (C=O) groups is 4. The lowest BCUT2D eigenvalue weighted by molar-refractivity contribution is -0.334. The lowest BCUT2D eigenvalue weighted by Gasteiger charge is -2.49. The van der Waals surface area contributed by atoms with Crippen LogP contribution in [0.4, 0.5) is 14.4 Å². The van der Waals surface area contributed by atoms with E-state index in [0.29, 0.717) is 31.1 Å². The van der Waals surface area contributed by atoms with Gasteiger partial charge in [0.2, 0.25) is 5.91 Å². The van der Waals surface area contributed by atoms with Gasteiger partial charge in [0.1, 0.15) is 61.0 Å². The van der Waals surface area contributed by atoms with Crippen LogP contribution in [0.3, 0.4) is 0 Å². The third-order valence-electron chi connectivity index (χ3n) is 11.9. The van der Waals surface area contributed by atoms with Crippen LogP contribution >= 0.6 is 0 Å². The smallest absolute Gasteiger partial charge is 0.407 e. The molecule has 3 fully saturated rings. The number of aliphatic hydroxyl groups excluding tert-OH is 7. The molecule has 0 spiro atoms. The normalized spacial score (nSPS) is 32.4. The zero-order valence-corrected chi connectivity index (χ0v) is 44.3. The summed E-state index contributed by atoms with van der Waals surface area (Å²) in [4.78, 5) is 52.4. The Morgan fingerprint density at radius 3 is 1.49 bits per heavy atom. The molecule has 0 bridgehead atoms. The average molecular weight is 1030 g/mol. The molecule has 0 aromatic carbocycles. The molecule has 15 atom stereocenters. The number of hydrogen-bond acceptors (Lipinski definition) is 19. The van der Waals surface area contributed by atoms with E-state index in [2.05, 4.69) is 80.2 Å². The predicted octanol–water partition coefficient (Wildman–Crippen LogP) is -0.298. The summed E-state index contributed by atoms with van der Waals surface area (Å²) in [6, 6.07) is -2.26. The maximum Gasteiger partial charge on any atom is 0.407 e. The highest BCUT2D eigenvalue weighted by Gasteiger charge is 2.54. The number of alkyl carbamates (subject to hydrolysis) is 3. The molecule has 13 N–H and O–H groups in total. The number of aliphatic hydroxyl groups is 7. The Hall–Kier alpha value is -2.55. The summed E-state index contributed by atoms with van der Waals surface area (Å²) in [6.07, 6.45) is -21.8. The van der Waals surface area contributed by atoms with E-state index in [4.69, 9.17) is 38.9 Å². The first-order valence-corrected chi connectivity index (χ1v) is 34.8. The highest BCUT2D eigenvalue weighted by atomic mass is 28.3. The lowest BCUT2D eigenvalue weighted by atomic mass is 9.83. The molecule has 0 radical (unpaired) electrons. The van der Waals surface area contributed by atoms with Crippen LogP contribution in [-0.2, 0) is 38.0 Å². The number of amides is 4. The van der Waals surface area contributed by atoms with Gasteiger partial charge in [0, 0.05) is 37.2 Å². The van der Waals surface area contributed by atoms with Crippen molar-refractivity contribution in [3.63, 3.8) is 0 Å². The quantitative estimate of drug-likeness (QED) is 0.0336. The van der Waals surface area contributed by atoms with E-state index in [0.717, 1.165) is 12.8 Å². The minimum Gasteiger partial charge on any atom is -0.450 e. The summed E-state index contributed by atoms with van der Waals surface area (Å²) >= 11 is 0. The molecule has 3 aliphatic rings. The van der Waals surface area contributed by atoms with Crippen molar-refractivity contribution in [2.75, 3.05) is 39.5 Å². The van der Waals surface area contributed by atoms with Gasteiger partial charge in [-0.15, -0.1) is 0 Å². The second-order valence-corrected chi connectivity index (χ2v) is 38.4. The Balaban J connectivity index is 2.00. The summed E-state index contributed by atoms with van der Waals surface area (Å²) in [6.45, 7) is 18.3. The van der Waals surface area contributed by atoms with E-state index in [9.17, 15) is 54.9 Å². The van der Waals surface area contributed by atoms with Gasteiger partial charge in [-0.1, -0.05) is 65.3 Å². The highest BCUT2D eigenvalue weighted by molar-refractivity contribution is 6.76. The molecule has 1 aliphatic carbocycles. The molecule has 2 heterocycles. The van der Waals surface area contributed by atoms with Crippen LogP contribution in [0.25, 0.3) is 0 Å². The van der Waals surface area contributed by atoms with Crippen molar-refractivity contribution in [1.29, 1.82) is 0 Å². The topological polar surface area (TPSA) is 349 Å². The average Bonchev–Trinajstić information content (AvgIpc) is 3.22. The molecule has 1 saturated carbocycles. The highest BCUT2D eigenvalue weighted by Crippen LogP contribution is 2.33. The molecule has 396 valence electrons. The SMILES string of the molecule is C[Si](C)(C)CCOC(=O)N[C@@H]1[C@@H](O)[C@H](O[C@@H]2[C@@H](O)[C@@H](O[C@@H]3O[C@H](CNC(=O)CCCCCN)[C@@H](O)[C@H](O)[C@H]3O)[C@@H](NC(=O)OCC[Si](C)(C)C)C[C@H]2NC(=O)OCC[Si](C)(C)C)O[C@H](CO)[C@H]1O. The van der Waals surface area contributed by atoms with Crippen LogP contribution in [0.1, 0.15) is 32.1 Å². The standard InChI is InChI=1S/C42H83N5O18Si3/c1-66(2,3)18-15-59-40(56)45-24-21-25(46-41(57)60-16-19-67(4,5)6)37(65-39-34(54)33(53)31(51)26(62-39)22-44-28(49)13-11-10-12-14-43)35(55)36(24)64-38-32(52)29(30(50)27(23-48)63-38)47-42(58)61-17-20-68(7,8)9/h24-27,29-39,48,50-55H,10-23,43H2,1-9H3,(H,44,49)(H,45,56)(H,46,57)(H,47,58)/t24-,25+,26-,27-,29+,30-,31-,32-,33+,34-,35-,36+,37+,38+,39+/m1/s1. The van der Waals surface area contributed by atoms with Gasteiger partial charge in [-0.05, 0) is 43.9 Å². The van der Waals surface area contributed by atoms with Crippen LogP contribution in [0.2, 0.25) is 77.1 Å². The molecule has 0 unspecified atom stereocenters. The Morgan fingerprint density at radius 2 is 1.03 bits per heavy atom. The van der Waals surface area contributed by atoms with Crippen LogP contribution in [0.15, 0.2) is 0 Å². The van der Waals surface area contributed by atoms with Gasteiger partial charge < -0.3 is 95.9 Å². The van der Waals surface area contributed by atoms with Crippen LogP contribution in [0.5, 0.6) is 0 Å². The van der Waals surface area contributed by atoms with Gasteiger partial charge in [-0.2, -0.15) is 0 Å². The Morgan fingerprint density at radius 1 is 0.574 bits per heavy atom. The van der Waals surface area contributed by atoms with Crippen molar-refractivity contribution in [3.8, 4) is 0 Å². The second kappa shape index (κ2) is 27.3. The van der Waals surface area contributed by atoms with E-state index in [1.54, 1.807) is 0 Å². The fourth-order valence-electron chi connectivity index (χ4n) is 7.54. The van der Waals surface area contributed by atoms with E-state index in [-0.39, 0.29) is 45.1 Å². The lowest BCUT2D eigenvalue weighted by Crippen LogP contribution is -2.70. The van der Waals surface area contributed by atoms with Crippen molar-refractivity contribution in [3.05, 3.63) is 0 Å². The third-order valence-corrected chi connectivity index (χ3v) is 17.0. The van der Waals surface area contributed by atoms with Crippen LogP contribution in [-0.4, -0.2) is 215 Å². The Bertz CT molecular complexity index is 1580. The molecule has 0 aromatic rings. The summed E-state index contributed by atoms with van der Waals surface area (Å²) in [5.41, 5.74) is 5.54. The Labute approximate surface area is 402 Å². The number of rotatable bonds is 24. The largest absolute Gasteiger partial charge is 0.450 e. The number of carbonyl (C=O) groups excluding carboxylic acids is 4. The zero-order chi connectivity index (χ0) is 51.1. The van der Waals surface area contributed by atoms with Gasteiger partial charge in [0.05, 0.1) is 44.6 Å². The minimum atomic E-state index is -1.96. The molecule has 4 amide bonds. The summed E-state index contributed by atoms with van der Waals surface area (Å²) in [5, 5.41) is 88.8. The molecule has 68 heavy (non-hydrogen) atoms. The maximum absolute atomic E-state index is 13.4. The molecule has 2 saturated heterocycles. The number of nitrogens with one attached hydrogen (secondary N) is 4. The van der Waals surface area contributed by atoms with Crippen molar-refractivity contribution in [2.24, 2.45) is 5.73 Å². The predicted molar refractivity (Wildman–Crippen MR) is 255 cm³/mol. The van der Waals surface area contributed by atoms with Gasteiger partial charge in [-0.3, -0.25) is 4.79 Å². The van der Waals surface area contributed by atoms with Gasteiger partial charge in [-0.25, -0.2) is 14.4 Å². The van der Waals surface area contributed by atoms with E-state index in [1.165, 1.54) is 0 Å². The molecule has 23 nitrogen and oxygen atoms in total. The first kappa shape index (κ1) is 59.8. The summed E-state index contributed by atoms with van der Waals surface area (Å²) in [5.74, 6) is -0.368. The first-order chi connectivity index (χ1) is 31.6.